The lowest BCUT2D eigenvalue weighted by Crippen LogP contribution is -2.49. The van der Waals surface area contributed by atoms with Crippen molar-refractivity contribution in [3.05, 3.63) is 47.2 Å². The first kappa shape index (κ1) is 17.3. The van der Waals surface area contributed by atoms with Crippen LogP contribution in [0.15, 0.2) is 35.9 Å². The van der Waals surface area contributed by atoms with Gasteiger partial charge in [0.25, 0.3) is 0 Å². The third kappa shape index (κ3) is 2.66. The highest BCUT2D eigenvalue weighted by Crippen LogP contribution is 2.45. The zero-order chi connectivity index (χ0) is 18.3. The second-order valence-electron chi connectivity index (χ2n) is 7.32. The number of methoxy groups -OCH3 is 1. The van der Waals surface area contributed by atoms with E-state index in [4.69, 9.17) is 4.74 Å². The van der Waals surface area contributed by atoms with Gasteiger partial charge in [0.15, 0.2) is 0 Å². The molecule has 2 aromatic rings. The molecule has 0 amide bonds. The molecule has 0 radical (unpaired) electrons. The number of piperidine rings is 1. The summed E-state index contributed by atoms with van der Waals surface area (Å²) in [5, 5.41) is 11.1. The number of rotatable bonds is 3. The molecule has 2 aliphatic rings. The zero-order valence-electron chi connectivity index (χ0n) is 15.4. The van der Waals surface area contributed by atoms with Crippen LogP contribution in [0, 0.1) is 11.8 Å². The number of carbonyl (C=O) groups is 1. The van der Waals surface area contributed by atoms with Crippen LogP contribution in [0.4, 0.5) is 0 Å². The maximum absolute atomic E-state index is 12.4. The third-order valence-electron chi connectivity index (χ3n) is 6.20. The lowest BCUT2D eigenvalue weighted by molar-refractivity contribution is -0.150. The summed E-state index contributed by atoms with van der Waals surface area (Å²) in [5.41, 5.74) is 4.80. The average Bonchev–Trinajstić information content (AvgIpc) is 3.07. The van der Waals surface area contributed by atoms with Gasteiger partial charge in [0.05, 0.1) is 25.7 Å². The van der Waals surface area contributed by atoms with Crippen molar-refractivity contribution in [1.82, 2.24) is 9.88 Å². The first-order valence-corrected chi connectivity index (χ1v) is 9.35. The van der Waals surface area contributed by atoms with Gasteiger partial charge in [-0.15, -0.1) is 0 Å². The van der Waals surface area contributed by atoms with Gasteiger partial charge in [0.1, 0.15) is 0 Å². The number of fused-ring (bicyclic) bond motifs is 5. The molecule has 1 saturated heterocycles. The number of aromatic amines is 1. The molecule has 1 unspecified atom stereocenters. The topological polar surface area (TPSA) is 65.6 Å². The van der Waals surface area contributed by atoms with Gasteiger partial charge in [-0.2, -0.15) is 0 Å². The molecule has 3 heterocycles. The van der Waals surface area contributed by atoms with E-state index in [-0.39, 0.29) is 30.5 Å². The fraction of sp³-hybridized carbons (Fsp3) is 0.476. The molecule has 4 rings (SSSR count). The van der Waals surface area contributed by atoms with Crippen LogP contribution in [0.25, 0.3) is 10.9 Å². The van der Waals surface area contributed by atoms with E-state index in [9.17, 15) is 9.90 Å². The maximum Gasteiger partial charge on any atom is 0.310 e. The van der Waals surface area contributed by atoms with Crippen LogP contribution < -0.4 is 0 Å². The number of nitrogens with one attached hydrogen (secondary N) is 1. The summed E-state index contributed by atoms with van der Waals surface area (Å²) >= 11 is 0. The molecule has 3 atom stereocenters. The monoisotopic (exact) mass is 354 g/mol. The molecule has 138 valence electrons. The summed E-state index contributed by atoms with van der Waals surface area (Å²) in [7, 11) is 1.45. The number of aromatic nitrogens is 1. The van der Waals surface area contributed by atoms with Crippen molar-refractivity contribution < 1.29 is 14.6 Å². The standard InChI is InChI=1S/C21H26N2O3/c1-3-13(12-24)16-10-19-20-15(14-6-4-5-7-18(14)22-20)8-9-23(19)11-17(16)21(25)26-2/h3-7,16-17,19,22,24H,8-12H2,1-2H3/b13-3+/t16-,17?,19+/m1/s1. The summed E-state index contributed by atoms with van der Waals surface area (Å²) < 4.78 is 5.07. The second kappa shape index (κ2) is 6.89. The Morgan fingerprint density at radius 1 is 1.38 bits per heavy atom. The van der Waals surface area contributed by atoms with Crippen molar-refractivity contribution in [3.8, 4) is 0 Å². The number of esters is 1. The number of hydrogen-bond acceptors (Lipinski definition) is 4. The highest BCUT2D eigenvalue weighted by atomic mass is 16.5. The molecule has 5 nitrogen and oxygen atoms in total. The second-order valence-corrected chi connectivity index (χ2v) is 7.32. The van der Waals surface area contributed by atoms with E-state index in [1.54, 1.807) is 0 Å². The number of ether oxygens (including phenoxy) is 1. The van der Waals surface area contributed by atoms with Crippen LogP contribution in [0.3, 0.4) is 0 Å². The lowest BCUT2D eigenvalue weighted by Gasteiger charge is -2.45. The van der Waals surface area contributed by atoms with Crippen molar-refractivity contribution in [2.45, 2.75) is 25.8 Å². The molecule has 0 aliphatic carbocycles. The number of nitrogens with zero attached hydrogens (tertiary/aromatic N) is 1. The predicted molar refractivity (Wildman–Crippen MR) is 101 cm³/mol. The van der Waals surface area contributed by atoms with Gasteiger partial charge in [0, 0.05) is 29.7 Å². The summed E-state index contributed by atoms with van der Waals surface area (Å²) in [5.74, 6) is -0.389. The van der Waals surface area contributed by atoms with E-state index >= 15 is 0 Å². The fourth-order valence-corrected chi connectivity index (χ4v) is 4.86. The minimum atomic E-state index is -0.222. The Morgan fingerprint density at radius 3 is 2.92 bits per heavy atom. The van der Waals surface area contributed by atoms with Gasteiger partial charge < -0.3 is 14.8 Å². The average molecular weight is 354 g/mol. The largest absolute Gasteiger partial charge is 0.469 e. The molecule has 1 aromatic heterocycles. The van der Waals surface area contributed by atoms with Gasteiger partial charge in [-0.3, -0.25) is 9.69 Å². The van der Waals surface area contributed by atoms with Crippen molar-refractivity contribution in [2.75, 3.05) is 26.8 Å². The van der Waals surface area contributed by atoms with E-state index in [0.717, 1.165) is 25.0 Å². The molecule has 0 saturated carbocycles. The predicted octanol–water partition coefficient (Wildman–Crippen LogP) is 2.81. The molecule has 26 heavy (non-hydrogen) atoms. The molecule has 2 N–H and O–H groups in total. The third-order valence-corrected chi connectivity index (χ3v) is 6.20. The highest BCUT2D eigenvalue weighted by Gasteiger charge is 2.44. The van der Waals surface area contributed by atoms with E-state index in [1.165, 1.54) is 29.3 Å². The maximum atomic E-state index is 12.4. The quantitative estimate of drug-likeness (QED) is 0.657. The summed E-state index contributed by atoms with van der Waals surface area (Å²) in [6.45, 7) is 3.54. The minimum Gasteiger partial charge on any atom is -0.469 e. The van der Waals surface area contributed by atoms with E-state index in [0.29, 0.717) is 6.54 Å². The minimum absolute atomic E-state index is 0.0102. The van der Waals surface area contributed by atoms with Crippen LogP contribution in [-0.2, 0) is 16.0 Å². The highest BCUT2D eigenvalue weighted by molar-refractivity contribution is 5.85. The smallest absolute Gasteiger partial charge is 0.310 e. The van der Waals surface area contributed by atoms with Crippen molar-refractivity contribution in [2.24, 2.45) is 11.8 Å². The number of carbonyl (C=O) groups excluding carboxylic acids is 1. The Hall–Kier alpha value is -2.11. The summed E-state index contributed by atoms with van der Waals surface area (Å²) in [6, 6.07) is 8.70. The van der Waals surface area contributed by atoms with Gasteiger partial charge in [-0.25, -0.2) is 0 Å². The lowest BCUT2D eigenvalue weighted by atomic mass is 9.75. The SMILES string of the molecule is C/C=C(\CO)[C@H]1C[C@H]2c3[nH]c4ccccc4c3CCN2CC1C(=O)OC. The van der Waals surface area contributed by atoms with Gasteiger partial charge in [-0.05, 0) is 42.9 Å². The Balaban J connectivity index is 1.74. The first-order chi connectivity index (χ1) is 12.7. The number of aliphatic hydroxyl groups is 1. The molecular formula is C21H26N2O3. The van der Waals surface area contributed by atoms with E-state index in [2.05, 4.69) is 34.1 Å². The zero-order valence-corrected chi connectivity index (χ0v) is 15.4. The number of benzene rings is 1. The number of para-hydroxylation sites is 1. The van der Waals surface area contributed by atoms with E-state index in [1.807, 2.05) is 13.0 Å². The molecule has 2 aliphatic heterocycles. The number of H-pyrrole nitrogens is 1. The first-order valence-electron chi connectivity index (χ1n) is 9.35. The molecule has 0 spiro atoms. The fourth-order valence-electron chi connectivity index (χ4n) is 4.86. The van der Waals surface area contributed by atoms with Crippen LogP contribution >= 0.6 is 0 Å². The summed E-state index contributed by atoms with van der Waals surface area (Å²) in [6.07, 6.45) is 3.76. The van der Waals surface area contributed by atoms with Gasteiger partial charge >= 0.3 is 5.97 Å². The van der Waals surface area contributed by atoms with E-state index < -0.39 is 0 Å². The van der Waals surface area contributed by atoms with Crippen LogP contribution in [-0.4, -0.2) is 47.8 Å². The van der Waals surface area contributed by atoms with Crippen molar-refractivity contribution >= 4 is 16.9 Å². The number of hydrogen-bond donors (Lipinski definition) is 2. The molecule has 0 bridgehead atoms. The molecular weight excluding hydrogens is 328 g/mol. The van der Waals surface area contributed by atoms with Crippen molar-refractivity contribution in [1.29, 1.82) is 0 Å². The van der Waals surface area contributed by atoms with Crippen LogP contribution in [0.5, 0.6) is 0 Å². The number of aliphatic hydroxyl groups excluding tert-OH is 1. The number of allylic oxidation sites excluding steroid dienone is 1. The Bertz CT molecular complexity index is 854. The van der Waals surface area contributed by atoms with Gasteiger partial charge in [-0.1, -0.05) is 24.3 Å². The molecule has 5 heteroatoms. The molecule has 1 aromatic carbocycles. The normalized spacial score (nSPS) is 26.4. The Labute approximate surface area is 153 Å². The Kier molecular flexibility index (Phi) is 4.59. The molecule has 1 fully saturated rings. The Morgan fingerprint density at radius 2 is 2.19 bits per heavy atom. The van der Waals surface area contributed by atoms with Crippen LogP contribution in [0.1, 0.15) is 30.6 Å². The van der Waals surface area contributed by atoms with Gasteiger partial charge in [0.2, 0.25) is 0 Å². The summed E-state index contributed by atoms with van der Waals surface area (Å²) in [4.78, 5) is 18.4. The van der Waals surface area contributed by atoms with Crippen LogP contribution in [0.2, 0.25) is 0 Å². The van der Waals surface area contributed by atoms with Crippen molar-refractivity contribution in [3.63, 3.8) is 0 Å².